The minimum absolute atomic E-state index is 0.0343. The summed E-state index contributed by atoms with van der Waals surface area (Å²) in [4.78, 5) is 14.7. The normalized spacial score (nSPS) is 10.6. The first-order valence-corrected chi connectivity index (χ1v) is 4.52. The summed E-state index contributed by atoms with van der Waals surface area (Å²) in [5, 5.41) is 18.4. The van der Waals surface area contributed by atoms with Gasteiger partial charge in [-0.25, -0.2) is 9.78 Å². The topological polar surface area (TPSA) is 96.4 Å². The Labute approximate surface area is 82.4 Å². The van der Waals surface area contributed by atoms with Gasteiger partial charge in [-0.15, -0.1) is 0 Å². The van der Waals surface area contributed by atoms with E-state index in [4.69, 9.17) is 10.8 Å². The SMILES string of the molecule is Nc1nc2c(C(=O)O)cc(O)cc2s1. The molecule has 0 radical (unpaired) electrons. The van der Waals surface area contributed by atoms with E-state index in [1.807, 2.05) is 0 Å². The number of phenolic OH excluding ortho intramolecular Hbond substituents is 1. The summed E-state index contributed by atoms with van der Waals surface area (Å²) in [5.74, 6) is -1.23. The largest absolute Gasteiger partial charge is 0.508 e. The van der Waals surface area contributed by atoms with Gasteiger partial charge in [-0.2, -0.15) is 0 Å². The summed E-state index contributed by atoms with van der Waals surface area (Å²) < 4.78 is 0.569. The van der Waals surface area contributed by atoms with Gasteiger partial charge in [0.25, 0.3) is 0 Å². The third-order valence-electron chi connectivity index (χ3n) is 1.73. The van der Waals surface area contributed by atoms with E-state index in [0.29, 0.717) is 10.2 Å². The van der Waals surface area contributed by atoms with Gasteiger partial charge in [0.1, 0.15) is 5.75 Å². The van der Waals surface area contributed by atoms with E-state index in [1.165, 1.54) is 6.07 Å². The number of nitrogen functional groups attached to an aromatic ring is 1. The zero-order valence-electron chi connectivity index (χ0n) is 6.89. The van der Waals surface area contributed by atoms with Gasteiger partial charge in [0.05, 0.1) is 15.8 Å². The van der Waals surface area contributed by atoms with Gasteiger partial charge in [0, 0.05) is 0 Å². The minimum atomic E-state index is -1.13. The molecule has 1 heterocycles. The maximum Gasteiger partial charge on any atom is 0.338 e. The molecule has 1 aromatic carbocycles. The highest BCUT2D eigenvalue weighted by Crippen LogP contribution is 2.30. The zero-order valence-corrected chi connectivity index (χ0v) is 7.71. The molecule has 72 valence electrons. The van der Waals surface area contributed by atoms with Gasteiger partial charge in [-0.3, -0.25) is 0 Å². The second-order valence-electron chi connectivity index (χ2n) is 2.70. The third kappa shape index (κ3) is 1.25. The van der Waals surface area contributed by atoms with Crippen molar-refractivity contribution in [2.45, 2.75) is 0 Å². The van der Waals surface area contributed by atoms with E-state index in [0.717, 1.165) is 17.4 Å². The second-order valence-corrected chi connectivity index (χ2v) is 3.76. The number of anilines is 1. The van der Waals surface area contributed by atoms with Crippen LogP contribution < -0.4 is 5.73 Å². The summed E-state index contributed by atoms with van der Waals surface area (Å²) in [5.41, 5.74) is 5.73. The molecule has 0 aliphatic rings. The number of aromatic nitrogens is 1. The monoisotopic (exact) mass is 210 g/mol. The smallest absolute Gasteiger partial charge is 0.338 e. The maximum absolute atomic E-state index is 10.8. The number of aromatic hydroxyl groups is 1. The first kappa shape index (κ1) is 8.76. The molecule has 0 bridgehead atoms. The molecule has 1 aromatic heterocycles. The molecule has 0 fully saturated rings. The Kier molecular flexibility index (Phi) is 1.78. The number of thiazole rings is 1. The number of phenols is 1. The van der Waals surface area contributed by atoms with E-state index in [9.17, 15) is 9.90 Å². The predicted molar refractivity (Wildman–Crippen MR) is 52.7 cm³/mol. The van der Waals surface area contributed by atoms with Crippen LogP contribution in [0.4, 0.5) is 5.13 Å². The van der Waals surface area contributed by atoms with Gasteiger partial charge in [-0.1, -0.05) is 11.3 Å². The van der Waals surface area contributed by atoms with Crippen LogP contribution in [0.5, 0.6) is 5.75 Å². The van der Waals surface area contributed by atoms with Crippen molar-refractivity contribution in [1.29, 1.82) is 0 Å². The molecule has 4 N–H and O–H groups in total. The molecule has 14 heavy (non-hydrogen) atoms. The Hall–Kier alpha value is -1.82. The molecule has 5 nitrogen and oxygen atoms in total. The molecule has 0 amide bonds. The number of fused-ring (bicyclic) bond motifs is 1. The summed E-state index contributed by atoms with van der Waals surface area (Å²) in [7, 11) is 0. The molecule has 0 saturated carbocycles. The van der Waals surface area contributed by atoms with Crippen LogP contribution in [0.2, 0.25) is 0 Å². The van der Waals surface area contributed by atoms with E-state index in [1.54, 1.807) is 0 Å². The van der Waals surface area contributed by atoms with Crippen LogP contribution in [0, 0.1) is 0 Å². The van der Waals surface area contributed by atoms with Crippen LogP contribution in [0.25, 0.3) is 10.2 Å². The van der Waals surface area contributed by atoms with Crippen molar-refractivity contribution >= 4 is 32.7 Å². The van der Waals surface area contributed by atoms with Gasteiger partial charge >= 0.3 is 5.97 Å². The fraction of sp³-hybridized carbons (Fsp3) is 0. The molecule has 2 aromatic rings. The average Bonchev–Trinajstić information content (AvgIpc) is 2.42. The lowest BCUT2D eigenvalue weighted by Gasteiger charge is -1.96. The first-order valence-electron chi connectivity index (χ1n) is 3.70. The van der Waals surface area contributed by atoms with E-state index in [2.05, 4.69) is 4.98 Å². The Morgan fingerprint density at radius 1 is 1.50 bits per heavy atom. The maximum atomic E-state index is 10.8. The van der Waals surface area contributed by atoms with Gasteiger partial charge in [0.2, 0.25) is 0 Å². The van der Waals surface area contributed by atoms with E-state index < -0.39 is 5.97 Å². The number of carbonyl (C=O) groups is 1. The summed E-state index contributed by atoms with van der Waals surface area (Å²) in [6.07, 6.45) is 0. The molecule has 2 rings (SSSR count). The fourth-order valence-corrected chi connectivity index (χ4v) is 1.99. The van der Waals surface area contributed by atoms with Crippen molar-refractivity contribution < 1.29 is 15.0 Å². The van der Waals surface area contributed by atoms with Gasteiger partial charge < -0.3 is 15.9 Å². The van der Waals surface area contributed by atoms with Crippen LogP contribution in [-0.4, -0.2) is 21.2 Å². The molecule has 0 aliphatic carbocycles. The van der Waals surface area contributed by atoms with Crippen molar-refractivity contribution in [2.75, 3.05) is 5.73 Å². The number of hydrogen-bond acceptors (Lipinski definition) is 5. The Morgan fingerprint density at radius 2 is 2.21 bits per heavy atom. The van der Waals surface area contributed by atoms with Crippen LogP contribution in [0.1, 0.15) is 10.4 Å². The number of nitrogens with two attached hydrogens (primary N) is 1. The quantitative estimate of drug-likeness (QED) is 0.658. The molecule has 0 aliphatic heterocycles. The number of hydrogen-bond donors (Lipinski definition) is 3. The third-order valence-corrected chi connectivity index (χ3v) is 2.56. The van der Waals surface area contributed by atoms with Crippen LogP contribution in [0.3, 0.4) is 0 Å². The first-order chi connectivity index (χ1) is 6.58. The highest BCUT2D eigenvalue weighted by atomic mass is 32.1. The van der Waals surface area contributed by atoms with Gasteiger partial charge in [-0.05, 0) is 12.1 Å². The van der Waals surface area contributed by atoms with Gasteiger partial charge in [0.15, 0.2) is 5.13 Å². The van der Waals surface area contributed by atoms with E-state index in [-0.39, 0.29) is 16.4 Å². The molecular formula is C8H6N2O3S. The zero-order chi connectivity index (χ0) is 10.3. The van der Waals surface area contributed by atoms with Crippen molar-refractivity contribution in [3.8, 4) is 5.75 Å². The number of rotatable bonds is 1. The summed E-state index contributed by atoms with van der Waals surface area (Å²) in [6.45, 7) is 0. The van der Waals surface area contributed by atoms with Crippen molar-refractivity contribution in [3.05, 3.63) is 17.7 Å². The molecule has 0 saturated heterocycles. The predicted octanol–water partition coefficient (Wildman–Crippen LogP) is 1.28. The molecule has 0 unspecified atom stereocenters. The lowest BCUT2D eigenvalue weighted by molar-refractivity contribution is 0.0698. The van der Waals surface area contributed by atoms with Crippen molar-refractivity contribution in [2.24, 2.45) is 0 Å². The number of carboxylic acid groups (broad SMARTS) is 1. The van der Waals surface area contributed by atoms with Crippen LogP contribution in [0.15, 0.2) is 12.1 Å². The number of carboxylic acids is 1. The highest BCUT2D eigenvalue weighted by molar-refractivity contribution is 7.22. The standard InChI is InChI=1S/C8H6N2O3S/c9-8-10-6-4(7(12)13)1-3(11)2-5(6)14-8/h1-2,11H,(H2,9,10)(H,12,13). The molecular weight excluding hydrogens is 204 g/mol. The van der Waals surface area contributed by atoms with Crippen LogP contribution >= 0.6 is 11.3 Å². The Balaban J connectivity index is 2.85. The number of nitrogens with zero attached hydrogens (tertiary/aromatic N) is 1. The summed E-state index contributed by atoms with van der Waals surface area (Å²) in [6, 6.07) is 2.60. The molecule has 0 spiro atoms. The van der Waals surface area contributed by atoms with Crippen molar-refractivity contribution in [1.82, 2.24) is 4.98 Å². The van der Waals surface area contributed by atoms with Crippen LogP contribution in [-0.2, 0) is 0 Å². The summed E-state index contributed by atoms with van der Waals surface area (Å²) >= 11 is 1.14. The number of aromatic carboxylic acids is 1. The lowest BCUT2D eigenvalue weighted by atomic mass is 10.2. The average molecular weight is 210 g/mol. The van der Waals surface area contributed by atoms with E-state index >= 15 is 0 Å². The second kappa shape index (κ2) is 2.85. The Bertz CT molecular complexity index is 521. The molecule has 6 heteroatoms. The fourth-order valence-electron chi connectivity index (χ4n) is 1.20. The number of benzene rings is 1. The highest BCUT2D eigenvalue weighted by Gasteiger charge is 2.13. The lowest BCUT2D eigenvalue weighted by Crippen LogP contribution is -1.97. The molecule has 0 atom stereocenters. The van der Waals surface area contributed by atoms with Crippen molar-refractivity contribution in [3.63, 3.8) is 0 Å². The Morgan fingerprint density at radius 3 is 2.86 bits per heavy atom. The minimum Gasteiger partial charge on any atom is -0.508 e.